The molecule has 1 aliphatic rings. The van der Waals surface area contributed by atoms with E-state index in [0.717, 1.165) is 11.0 Å². The maximum absolute atomic E-state index is 13.1. The summed E-state index contributed by atoms with van der Waals surface area (Å²) in [5, 5.41) is 3.05. The van der Waals surface area contributed by atoms with Crippen LogP contribution in [-0.4, -0.2) is 42.9 Å². The van der Waals surface area contributed by atoms with Gasteiger partial charge in [-0.2, -0.15) is 26.6 Å². The second kappa shape index (κ2) is 9.41. The van der Waals surface area contributed by atoms with E-state index in [9.17, 15) is 26.4 Å². The molecule has 9 nitrogen and oxygen atoms in total. The van der Waals surface area contributed by atoms with Crippen LogP contribution in [0.3, 0.4) is 0 Å². The summed E-state index contributed by atoms with van der Waals surface area (Å²) in [5.74, 6) is 0.276. The molecule has 13 heteroatoms. The van der Waals surface area contributed by atoms with Gasteiger partial charge in [0.15, 0.2) is 0 Å². The summed E-state index contributed by atoms with van der Waals surface area (Å²) in [6, 6.07) is 14.0. The summed E-state index contributed by atoms with van der Waals surface area (Å²) in [6.45, 7) is 0. The van der Waals surface area contributed by atoms with E-state index in [1.54, 1.807) is 24.3 Å². The van der Waals surface area contributed by atoms with Crippen LogP contribution in [0.1, 0.15) is 12.0 Å². The lowest BCUT2D eigenvalue weighted by molar-refractivity contribution is -0.119. The second-order valence-corrected chi connectivity index (χ2v) is 9.08. The number of aryl methyl sites for hydroxylation is 1. The number of amides is 1. The number of pyridine rings is 2. The highest BCUT2D eigenvalue weighted by Crippen LogP contribution is 2.31. The smallest absolute Gasteiger partial charge is 0.457 e. The van der Waals surface area contributed by atoms with Crippen molar-refractivity contribution in [1.29, 1.82) is 0 Å². The minimum absolute atomic E-state index is 0.00305. The highest BCUT2D eigenvalue weighted by atomic mass is 32.2. The number of nitrogens with zero attached hydrogens (tertiary/aromatic N) is 3. The molecule has 1 aliphatic heterocycles. The molecule has 0 fully saturated rings. The summed E-state index contributed by atoms with van der Waals surface area (Å²) in [5.41, 5.74) is -5.07. The molecule has 184 valence electrons. The number of alkyl halides is 3. The van der Waals surface area contributed by atoms with Gasteiger partial charge in [-0.3, -0.25) is 9.69 Å². The highest BCUT2D eigenvalue weighted by Gasteiger charge is 2.49. The van der Waals surface area contributed by atoms with Gasteiger partial charge in [0.1, 0.15) is 29.2 Å². The third-order valence-corrected chi connectivity index (χ3v) is 6.05. The molecule has 0 aliphatic carbocycles. The number of rotatable bonds is 6. The zero-order chi connectivity index (χ0) is 25.2. The quantitative estimate of drug-likeness (QED) is 0.395. The van der Waals surface area contributed by atoms with Gasteiger partial charge in [-0.1, -0.05) is 18.2 Å². The second-order valence-electron chi connectivity index (χ2n) is 7.54. The fraction of sp³-hybridized carbons (Fsp3) is 0.227. The number of fused-ring (bicyclic) bond motifs is 1. The lowest BCUT2D eigenvalue weighted by Crippen LogP contribution is -2.40. The van der Waals surface area contributed by atoms with E-state index in [1.165, 1.54) is 19.3 Å². The zero-order valence-corrected chi connectivity index (χ0v) is 19.0. The molecule has 1 N–H and O–H groups in total. The summed E-state index contributed by atoms with van der Waals surface area (Å²) in [4.78, 5) is 22.3. The molecule has 1 aromatic carbocycles. The third kappa shape index (κ3) is 5.45. The van der Waals surface area contributed by atoms with Crippen molar-refractivity contribution in [2.45, 2.75) is 24.4 Å². The number of hydrogen-bond donors (Lipinski definition) is 1. The molecule has 35 heavy (non-hydrogen) atoms. The maximum Gasteiger partial charge on any atom is 0.534 e. The van der Waals surface area contributed by atoms with Gasteiger partial charge in [0.2, 0.25) is 11.8 Å². The number of nitrogens with one attached hydrogen (secondary N) is 1. The van der Waals surface area contributed by atoms with Crippen LogP contribution in [0.4, 0.5) is 24.8 Å². The van der Waals surface area contributed by atoms with Crippen molar-refractivity contribution in [3.05, 3.63) is 66.4 Å². The van der Waals surface area contributed by atoms with E-state index in [-0.39, 0.29) is 5.82 Å². The largest absolute Gasteiger partial charge is 0.534 e. The van der Waals surface area contributed by atoms with Crippen LogP contribution < -0.4 is 19.1 Å². The van der Waals surface area contributed by atoms with Crippen LogP contribution in [-0.2, 0) is 21.3 Å². The minimum Gasteiger partial charge on any atom is -0.457 e. The molecule has 0 spiro atoms. The fourth-order valence-corrected chi connectivity index (χ4v) is 3.82. The van der Waals surface area contributed by atoms with Gasteiger partial charge in [0.05, 0.1) is 0 Å². The number of anilines is 2. The van der Waals surface area contributed by atoms with Crippen LogP contribution in [0.2, 0.25) is 0 Å². The van der Waals surface area contributed by atoms with E-state index in [1.807, 2.05) is 18.2 Å². The molecule has 1 atom stereocenters. The molecule has 3 aromatic rings. The van der Waals surface area contributed by atoms with Crippen molar-refractivity contribution >= 4 is 27.7 Å². The Bertz CT molecular complexity index is 1340. The topological polar surface area (TPSA) is 111 Å². The van der Waals surface area contributed by atoms with E-state index in [0.29, 0.717) is 35.7 Å². The molecule has 1 unspecified atom stereocenters. The van der Waals surface area contributed by atoms with Crippen LogP contribution in [0.15, 0.2) is 60.8 Å². The van der Waals surface area contributed by atoms with Crippen LogP contribution in [0, 0.1) is 0 Å². The van der Waals surface area contributed by atoms with Gasteiger partial charge in [-0.05, 0) is 42.7 Å². The van der Waals surface area contributed by atoms with Crippen molar-refractivity contribution in [2.75, 3.05) is 17.3 Å². The van der Waals surface area contributed by atoms with E-state index < -0.39 is 33.5 Å². The predicted molar refractivity (Wildman–Crippen MR) is 120 cm³/mol. The maximum atomic E-state index is 13.1. The molecular weight excluding hydrogens is 489 g/mol. The predicted octanol–water partition coefficient (Wildman–Crippen LogP) is 3.89. The first-order valence-electron chi connectivity index (χ1n) is 10.3. The molecule has 0 radical (unpaired) electrons. The lowest BCUT2D eigenvalue weighted by Gasteiger charge is -2.22. The molecule has 1 amide bonds. The third-order valence-electron chi connectivity index (χ3n) is 5.09. The SMILES string of the molecule is CN1C(=O)C(Nc2cc(Oc3ccccc3)ccn2)CCc2ccc(OS(=O)(=O)C(F)(F)F)nc21. The van der Waals surface area contributed by atoms with Crippen molar-refractivity contribution in [2.24, 2.45) is 0 Å². The molecule has 3 heterocycles. The van der Waals surface area contributed by atoms with E-state index in [4.69, 9.17) is 4.74 Å². The number of ether oxygens (including phenoxy) is 1. The number of carbonyl (C=O) groups is 1. The number of carbonyl (C=O) groups excluding carboxylic acids is 1. The Morgan fingerprint density at radius 2 is 1.83 bits per heavy atom. The molecular formula is C22H19F3N4O5S. The summed E-state index contributed by atoms with van der Waals surface area (Å²) in [6.07, 6.45) is 2.18. The first-order valence-corrected chi connectivity index (χ1v) is 11.7. The number of benzene rings is 1. The average Bonchev–Trinajstić information content (AvgIpc) is 2.91. The van der Waals surface area contributed by atoms with E-state index >= 15 is 0 Å². The van der Waals surface area contributed by atoms with Gasteiger partial charge in [0, 0.05) is 25.4 Å². The minimum atomic E-state index is -5.89. The Kier molecular flexibility index (Phi) is 6.52. The van der Waals surface area contributed by atoms with Crippen molar-refractivity contribution < 1.29 is 35.3 Å². The van der Waals surface area contributed by atoms with Crippen LogP contribution >= 0.6 is 0 Å². The Morgan fingerprint density at radius 1 is 1.09 bits per heavy atom. The summed E-state index contributed by atoms with van der Waals surface area (Å²) >= 11 is 0. The van der Waals surface area contributed by atoms with Crippen molar-refractivity contribution in [3.8, 4) is 17.4 Å². The molecule has 0 bridgehead atoms. The van der Waals surface area contributed by atoms with Gasteiger partial charge in [-0.15, -0.1) is 0 Å². The number of likely N-dealkylation sites (N-methyl/N-ethyl adjacent to an activating group) is 1. The van der Waals surface area contributed by atoms with Gasteiger partial charge >= 0.3 is 15.6 Å². The number of hydrogen-bond acceptors (Lipinski definition) is 8. The lowest BCUT2D eigenvalue weighted by atomic mass is 10.1. The van der Waals surface area contributed by atoms with Crippen LogP contribution in [0.25, 0.3) is 0 Å². The van der Waals surface area contributed by atoms with Gasteiger partial charge < -0.3 is 14.2 Å². The Hall–Kier alpha value is -3.87. The van der Waals surface area contributed by atoms with Crippen LogP contribution in [0.5, 0.6) is 17.4 Å². The Labute approximate surface area is 198 Å². The molecule has 0 saturated heterocycles. The molecule has 2 aromatic heterocycles. The normalized spacial score (nSPS) is 16.3. The molecule has 0 saturated carbocycles. The van der Waals surface area contributed by atoms with Gasteiger partial charge in [-0.25, -0.2) is 4.98 Å². The van der Waals surface area contributed by atoms with Gasteiger partial charge in [0.25, 0.3) is 0 Å². The monoisotopic (exact) mass is 508 g/mol. The summed E-state index contributed by atoms with van der Waals surface area (Å²) in [7, 11) is -4.51. The average molecular weight is 508 g/mol. The standard InChI is InChI=1S/C22H19F3N4O5S/c1-29-20-14(8-10-19(28-20)34-35(31,32)22(23,24)25)7-9-17(21(29)30)27-18-13-16(11-12-26-18)33-15-5-3-2-4-6-15/h2-6,8,10-13,17H,7,9H2,1H3,(H,26,27). The van der Waals surface area contributed by atoms with E-state index in [2.05, 4.69) is 19.5 Å². The Balaban J connectivity index is 1.51. The van der Waals surface area contributed by atoms with Crippen molar-refractivity contribution in [1.82, 2.24) is 9.97 Å². The number of para-hydroxylation sites is 1. The first kappa shape index (κ1) is 24.3. The first-order chi connectivity index (χ1) is 16.5. The summed E-state index contributed by atoms with van der Waals surface area (Å²) < 4.78 is 70.4. The number of halogens is 3. The molecule has 4 rings (SSSR count). The highest BCUT2D eigenvalue weighted by molar-refractivity contribution is 7.87. The Morgan fingerprint density at radius 3 is 2.54 bits per heavy atom. The zero-order valence-electron chi connectivity index (χ0n) is 18.2. The number of aromatic nitrogens is 2. The van der Waals surface area contributed by atoms with Crippen molar-refractivity contribution in [3.63, 3.8) is 0 Å². The fourth-order valence-electron chi connectivity index (χ4n) is 3.40.